The number of rotatable bonds is 62. The van der Waals surface area contributed by atoms with E-state index in [9.17, 15) is 69.9 Å². The fourth-order valence-corrected chi connectivity index (χ4v) is 10.3. The molecule has 0 saturated carbocycles. The summed E-state index contributed by atoms with van der Waals surface area (Å²) in [6.07, 6.45) is 34.7. The zero-order valence-corrected chi connectivity index (χ0v) is 105. The van der Waals surface area contributed by atoms with Gasteiger partial charge in [-0.05, 0) is 25.7 Å². The van der Waals surface area contributed by atoms with E-state index in [1.54, 1.807) is 0 Å². The Balaban J connectivity index is -0.000000747. The molecule has 0 aliphatic heterocycles. The smallest absolute Gasteiger partial charge is 0.328 e. The van der Waals surface area contributed by atoms with E-state index in [-0.39, 0.29) is 465 Å². The van der Waals surface area contributed by atoms with Gasteiger partial charge in [0, 0.05) is 473 Å². The second-order valence-electron chi connectivity index (χ2n) is 23.5. The largest absolute Gasteiger partial charge is 0.480 e. The maximum atomic E-state index is 12.5. The summed E-state index contributed by atoms with van der Waals surface area (Å²) >= 11 is 0. The van der Waals surface area contributed by atoms with Crippen molar-refractivity contribution in [1.82, 2.24) is 21.3 Å². The Morgan fingerprint density at radius 2 is 0.473 bits per heavy atom. The van der Waals surface area contributed by atoms with Gasteiger partial charge in [0.05, 0.1) is 13.2 Å². The van der Waals surface area contributed by atoms with Crippen molar-refractivity contribution >= 4 is 29.6 Å². The van der Waals surface area contributed by atoms with Crippen molar-refractivity contribution < 1.29 is 521 Å². The molecule has 0 saturated heterocycles. The van der Waals surface area contributed by atoms with Crippen LogP contribution in [0, 0.1) is 441 Å². The summed E-state index contributed by atoms with van der Waals surface area (Å²) in [7, 11) is 0. The van der Waals surface area contributed by atoms with Crippen LogP contribution in [-0.4, -0.2) is 173 Å². The fourth-order valence-electron chi connectivity index (χ4n) is 10.3. The maximum absolute atomic E-state index is 12.5. The van der Waals surface area contributed by atoms with E-state index in [0.717, 1.165) is 103 Å². The topological polar surface area (TPSA) is 356 Å². The molecule has 9 atom stereocenters. The summed E-state index contributed by atoms with van der Waals surface area (Å²) in [5.41, 5.74) is 0. The molecule has 0 rings (SSSR count). The Bertz CT molecular complexity index is 1600. The summed E-state index contributed by atoms with van der Waals surface area (Å²) in [5, 5.41) is 115. The van der Waals surface area contributed by atoms with Crippen LogP contribution < -0.4 is 21.3 Å². The van der Waals surface area contributed by atoms with Gasteiger partial charge in [0.1, 0.15) is 42.7 Å². The Morgan fingerprint density at radius 1 is 0.269 bits per heavy atom. The van der Waals surface area contributed by atoms with Crippen LogP contribution in [0.5, 0.6) is 0 Å². The number of aliphatic carboxylic acids is 1. The number of hydrogen-bond donors (Lipinski definition) is 15. The second-order valence-corrected chi connectivity index (χ2v) is 23.5. The molecule has 0 fully saturated rings. The minimum atomic E-state index is -1.89. The van der Waals surface area contributed by atoms with Crippen molar-refractivity contribution in [3.8, 4) is 0 Å². The van der Waals surface area contributed by atoms with Gasteiger partial charge < -0.3 is 77.4 Å². The molecule has 20 nitrogen and oxygen atoms in total. The standard InChI is InChI=1S/C63H122N4O16.10Ac/c68-48-51(70)55(74)57(76)59(78)61(80)64-45-41-37-33-29-25-21-17-13-9-5-1-3-7-11-15-19-23-27-31-35-39-43-53(72)66-47-50(63(82)83)67-54(73)44-40-36-32-28-24-20-16-12-8-4-2-6-10-14-18-22-26-30-34-38-42-46-65-62(81)60(79)58(77)56(75)52(71)49-69;;;;;;;;;;/h50-52,55-60,68-71,74-79H,1-49H2,(H,64,80)(H,65,81)(H,66,72)(H,67,73)(H,82,83);;;;;;;;;;/t50?,51-,52-,55+,56-,57-,58+,59+,60-;;;;;;;;;;/m1........../s1. The Morgan fingerprint density at radius 3 is 0.688 bits per heavy atom. The van der Waals surface area contributed by atoms with Crippen LogP contribution in [0.4, 0.5) is 0 Å². The average molecular weight is 3460 g/mol. The summed E-state index contributed by atoms with van der Waals surface area (Å²) < 4.78 is 0. The molecule has 30 heteroatoms. The third-order valence-electron chi connectivity index (χ3n) is 15.9. The van der Waals surface area contributed by atoms with Crippen LogP contribution in [0.25, 0.3) is 0 Å². The third-order valence-corrected chi connectivity index (χ3v) is 15.9. The van der Waals surface area contributed by atoms with Gasteiger partial charge in [0.15, 0.2) is 12.2 Å². The van der Waals surface area contributed by atoms with Crippen molar-refractivity contribution in [2.45, 2.75) is 337 Å². The van der Waals surface area contributed by atoms with E-state index in [4.69, 9.17) is 10.2 Å². The number of carbonyl (C=O) groups excluding carboxylic acids is 4. The molecule has 4 amide bonds. The second kappa shape index (κ2) is 95.7. The fraction of sp³-hybridized carbons (Fsp3) is 0.921. The summed E-state index contributed by atoms with van der Waals surface area (Å²) in [5.74, 6) is -3.26. The predicted molar refractivity (Wildman–Crippen MR) is 324 cm³/mol. The van der Waals surface area contributed by atoms with Crippen LogP contribution in [0.3, 0.4) is 0 Å². The first kappa shape index (κ1) is 128. The van der Waals surface area contributed by atoms with Crippen LogP contribution in [-0.2, 0) is 24.0 Å². The predicted octanol–water partition coefficient (Wildman–Crippen LogP) is 6.94. The number of amides is 4. The number of carboxylic acids is 1. The molecule has 0 aromatic rings. The normalized spacial score (nSPS) is 13.3. The van der Waals surface area contributed by atoms with Gasteiger partial charge in [0.25, 0.3) is 11.8 Å². The third kappa shape index (κ3) is 81.2. The van der Waals surface area contributed by atoms with Crippen LogP contribution >= 0.6 is 0 Å². The molecule has 10 radical (unpaired) electrons. The van der Waals surface area contributed by atoms with Gasteiger partial charge in [-0.15, -0.1) is 0 Å². The average Bonchev–Trinajstić information content (AvgIpc) is 2.08. The van der Waals surface area contributed by atoms with Gasteiger partial charge in [-0.3, -0.25) is 19.2 Å². The van der Waals surface area contributed by atoms with Crippen molar-refractivity contribution in [2.24, 2.45) is 0 Å². The first-order valence-corrected chi connectivity index (χ1v) is 33.1. The first-order valence-electron chi connectivity index (χ1n) is 33.1. The van der Waals surface area contributed by atoms with E-state index in [1.807, 2.05) is 0 Å². The van der Waals surface area contributed by atoms with Crippen molar-refractivity contribution in [2.75, 3.05) is 32.8 Å². The quantitative estimate of drug-likeness (QED) is 0.0274. The number of carboxylic acid groups (broad SMARTS) is 1. The minimum absolute atomic E-state index is 0. The van der Waals surface area contributed by atoms with Gasteiger partial charge >= 0.3 is 5.97 Å². The van der Waals surface area contributed by atoms with Crippen molar-refractivity contribution in [3.63, 3.8) is 0 Å². The van der Waals surface area contributed by atoms with Crippen LogP contribution in [0.15, 0.2) is 0 Å². The SMILES string of the molecule is O=C(CCCCCCCCCCCCCCCCCCCCCCCNC(=O)[C@@H](O)[C@H](O)[C@@H](O)[C@H](O)CO)NCC(NC(=O)CCCCCCCCCCCCCCCCCCCCCCCNC(=O)[C@H](O)[C@@H](O)[C@H](O)[C@H](O)CO)C(=O)O.[Ac].[Ac].[Ac].[Ac].[Ac].[Ac].[Ac].[Ac].[Ac].[Ac]. The number of carbonyl (C=O) groups is 5. The minimum Gasteiger partial charge on any atom is -0.480 e. The summed E-state index contributed by atoms with van der Waals surface area (Å²) in [6.45, 7) is -1.01. The monoisotopic (exact) mass is 3460 g/mol. The molecule has 0 heterocycles. The molecule has 1 unspecified atom stereocenters. The van der Waals surface area contributed by atoms with E-state index < -0.39 is 85.9 Å². The molecular formula is C63H122Ac10N4O16. The van der Waals surface area contributed by atoms with E-state index in [1.165, 1.54) is 167 Å². The zero-order chi connectivity index (χ0) is 61.6. The maximum Gasteiger partial charge on any atom is 0.328 e. The zero-order valence-electron chi connectivity index (χ0n) is 57.1. The van der Waals surface area contributed by atoms with E-state index >= 15 is 0 Å². The van der Waals surface area contributed by atoms with Gasteiger partial charge in [-0.25, -0.2) is 4.79 Å². The van der Waals surface area contributed by atoms with Crippen LogP contribution in [0.1, 0.15) is 283 Å². The van der Waals surface area contributed by atoms with Crippen molar-refractivity contribution in [1.29, 1.82) is 0 Å². The Labute approximate surface area is 920 Å². The molecule has 0 aliphatic carbocycles. The molecule has 0 bridgehead atoms. The summed E-state index contributed by atoms with van der Waals surface area (Å²) in [4.78, 5) is 60.6. The Hall–Kier alpha value is 11.4. The number of hydrogen-bond acceptors (Lipinski definition) is 15. The molecule has 0 aromatic carbocycles. The van der Waals surface area contributed by atoms with Gasteiger partial charge in [-0.1, -0.05) is 244 Å². The number of unbranched alkanes of at least 4 members (excludes halogenated alkanes) is 40. The molecule has 0 aromatic heterocycles. The summed E-state index contributed by atoms with van der Waals surface area (Å²) in [6, 6.07) is -1.13. The van der Waals surface area contributed by atoms with Crippen LogP contribution in [0.2, 0.25) is 0 Å². The van der Waals surface area contributed by atoms with Gasteiger partial charge in [0.2, 0.25) is 11.8 Å². The molecule has 0 aliphatic rings. The van der Waals surface area contributed by atoms with E-state index in [2.05, 4.69) is 21.3 Å². The van der Waals surface area contributed by atoms with E-state index in [0.29, 0.717) is 19.5 Å². The Kier molecular flexibility index (Phi) is 132. The molecule has 0 spiro atoms. The van der Waals surface area contributed by atoms with Crippen molar-refractivity contribution in [3.05, 3.63) is 0 Å². The molecule has 15 N–H and O–H groups in total. The molecule has 93 heavy (non-hydrogen) atoms. The number of nitrogens with one attached hydrogen (secondary N) is 4. The molecule has 520 valence electrons. The first-order chi connectivity index (χ1) is 40.1. The molecular weight excluding hydrogens is 3340 g/mol. The number of aliphatic hydroxyl groups excluding tert-OH is 10. The number of aliphatic hydroxyl groups is 10. The van der Waals surface area contributed by atoms with Gasteiger partial charge in [-0.2, -0.15) is 0 Å².